The second kappa shape index (κ2) is 5.80. The Morgan fingerprint density at radius 1 is 1.32 bits per heavy atom. The molecule has 1 aromatic heterocycles. The molecule has 0 saturated heterocycles. The molecule has 0 fully saturated rings. The van der Waals surface area contributed by atoms with Crippen LogP contribution in [0.25, 0.3) is 0 Å². The van der Waals surface area contributed by atoms with Crippen LogP contribution in [0.15, 0.2) is 30.6 Å². The molecule has 0 aliphatic carbocycles. The molecule has 2 aromatic rings. The SMILES string of the molecule is Cc1ccc(C)c(CC(=O)Nc2cncc(Cl)n2)c1. The van der Waals surface area contributed by atoms with Gasteiger partial charge in [-0.2, -0.15) is 0 Å². The van der Waals surface area contributed by atoms with Gasteiger partial charge in [0.1, 0.15) is 5.15 Å². The third-order valence-electron chi connectivity index (χ3n) is 2.73. The average molecular weight is 276 g/mol. The number of aryl methyl sites for hydroxylation is 2. The summed E-state index contributed by atoms with van der Waals surface area (Å²) in [6, 6.07) is 6.05. The lowest BCUT2D eigenvalue weighted by atomic mass is 10.0. The van der Waals surface area contributed by atoms with E-state index in [4.69, 9.17) is 11.6 Å². The Morgan fingerprint density at radius 3 is 2.84 bits per heavy atom. The van der Waals surface area contributed by atoms with Gasteiger partial charge in [-0.25, -0.2) is 4.98 Å². The van der Waals surface area contributed by atoms with E-state index in [0.717, 1.165) is 16.7 Å². The fourth-order valence-electron chi connectivity index (χ4n) is 1.75. The van der Waals surface area contributed by atoms with Crippen LogP contribution in [0.1, 0.15) is 16.7 Å². The number of carbonyl (C=O) groups excluding carboxylic acids is 1. The van der Waals surface area contributed by atoms with Gasteiger partial charge in [0.15, 0.2) is 5.82 Å². The number of rotatable bonds is 3. The van der Waals surface area contributed by atoms with E-state index in [9.17, 15) is 4.79 Å². The van der Waals surface area contributed by atoms with Crippen molar-refractivity contribution in [3.8, 4) is 0 Å². The largest absolute Gasteiger partial charge is 0.309 e. The molecule has 19 heavy (non-hydrogen) atoms. The number of benzene rings is 1. The van der Waals surface area contributed by atoms with Crippen LogP contribution in [0, 0.1) is 13.8 Å². The second-order valence-electron chi connectivity index (χ2n) is 4.38. The van der Waals surface area contributed by atoms with Gasteiger partial charge in [0.05, 0.1) is 18.8 Å². The van der Waals surface area contributed by atoms with Gasteiger partial charge in [-0.3, -0.25) is 9.78 Å². The van der Waals surface area contributed by atoms with Gasteiger partial charge in [0.2, 0.25) is 5.91 Å². The summed E-state index contributed by atoms with van der Waals surface area (Å²) < 4.78 is 0. The summed E-state index contributed by atoms with van der Waals surface area (Å²) in [6.07, 6.45) is 3.19. The fourth-order valence-corrected chi connectivity index (χ4v) is 1.90. The van der Waals surface area contributed by atoms with Crippen molar-refractivity contribution < 1.29 is 4.79 Å². The number of nitrogens with zero attached hydrogens (tertiary/aromatic N) is 2. The fraction of sp³-hybridized carbons (Fsp3) is 0.214. The van der Waals surface area contributed by atoms with E-state index in [1.54, 1.807) is 0 Å². The van der Waals surface area contributed by atoms with E-state index >= 15 is 0 Å². The van der Waals surface area contributed by atoms with Crippen LogP contribution in [-0.4, -0.2) is 15.9 Å². The van der Waals surface area contributed by atoms with Crippen LogP contribution in [0.5, 0.6) is 0 Å². The van der Waals surface area contributed by atoms with E-state index < -0.39 is 0 Å². The Labute approximate surface area is 116 Å². The maximum atomic E-state index is 11.9. The third kappa shape index (κ3) is 3.76. The number of amides is 1. The first-order valence-corrected chi connectivity index (χ1v) is 6.26. The molecule has 0 spiro atoms. The molecule has 0 aliphatic rings. The smallest absolute Gasteiger partial charge is 0.230 e. The molecule has 2 rings (SSSR count). The Kier molecular flexibility index (Phi) is 4.12. The zero-order valence-electron chi connectivity index (χ0n) is 10.8. The Morgan fingerprint density at radius 2 is 2.11 bits per heavy atom. The Balaban J connectivity index is 2.07. The number of anilines is 1. The van der Waals surface area contributed by atoms with Crippen LogP contribution in [0.3, 0.4) is 0 Å². The summed E-state index contributed by atoms with van der Waals surface area (Å²) in [4.78, 5) is 19.8. The lowest BCUT2D eigenvalue weighted by molar-refractivity contribution is -0.115. The highest BCUT2D eigenvalue weighted by Gasteiger charge is 2.08. The summed E-state index contributed by atoms with van der Waals surface area (Å²) in [6.45, 7) is 3.99. The van der Waals surface area contributed by atoms with Gasteiger partial charge in [-0.1, -0.05) is 35.4 Å². The van der Waals surface area contributed by atoms with E-state index in [1.807, 2.05) is 32.0 Å². The second-order valence-corrected chi connectivity index (χ2v) is 4.77. The summed E-state index contributed by atoms with van der Waals surface area (Å²) in [5.74, 6) is 0.230. The summed E-state index contributed by atoms with van der Waals surface area (Å²) in [7, 11) is 0. The highest BCUT2D eigenvalue weighted by molar-refractivity contribution is 6.29. The standard InChI is InChI=1S/C14H14ClN3O/c1-9-3-4-10(2)11(5-9)6-14(19)18-13-8-16-7-12(15)17-13/h3-5,7-8H,6H2,1-2H3,(H,17,18,19). The van der Waals surface area contributed by atoms with Crippen molar-refractivity contribution in [1.29, 1.82) is 0 Å². The predicted molar refractivity (Wildman–Crippen MR) is 75.3 cm³/mol. The van der Waals surface area contributed by atoms with Crippen molar-refractivity contribution in [1.82, 2.24) is 9.97 Å². The van der Waals surface area contributed by atoms with Crippen molar-refractivity contribution in [2.45, 2.75) is 20.3 Å². The molecule has 4 nitrogen and oxygen atoms in total. The van der Waals surface area contributed by atoms with Gasteiger partial charge in [-0.05, 0) is 25.0 Å². The summed E-state index contributed by atoms with van der Waals surface area (Å²) >= 11 is 5.71. The summed E-state index contributed by atoms with van der Waals surface area (Å²) in [5.41, 5.74) is 3.24. The number of carbonyl (C=O) groups is 1. The minimum atomic E-state index is -0.134. The minimum Gasteiger partial charge on any atom is -0.309 e. The summed E-state index contributed by atoms with van der Waals surface area (Å²) in [5, 5.41) is 2.94. The molecule has 0 aliphatic heterocycles. The first-order valence-electron chi connectivity index (χ1n) is 5.88. The highest BCUT2D eigenvalue weighted by Crippen LogP contribution is 2.13. The number of hydrogen-bond acceptors (Lipinski definition) is 3. The first-order chi connectivity index (χ1) is 9.04. The molecule has 1 aromatic carbocycles. The molecule has 0 saturated carbocycles. The lowest BCUT2D eigenvalue weighted by Crippen LogP contribution is -2.16. The number of hydrogen-bond donors (Lipinski definition) is 1. The van der Waals surface area contributed by atoms with Crippen molar-refractivity contribution in [2.24, 2.45) is 0 Å². The van der Waals surface area contributed by atoms with Gasteiger partial charge >= 0.3 is 0 Å². The maximum absolute atomic E-state index is 11.9. The van der Waals surface area contributed by atoms with Crippen molar-refractivity contribution in [3.63, 3.8) is 0 Å². The van der Waals surface area contributed by atoms with Crippen molar-refractivity contribution in [3.05, 3.63) is 52.4 Å². The van der Waals surface area contributed by atoms with Gasteiger partial charge < -0.3 is 5.32 Å². The first kappa shape index (κ1) is 13.5. The normalized spacial score (nSPS) is 10.3. The maximum Gasteiger partial charge on any atom is 0.230 e. The van der Waals surface area contributed by atoms with Gasteiger partial charge in [-0.15, -0.1) is 0 Å². The predicted octanol–water partition coefficient (Wildman–Crippen LogP) is 2.93. The van der Waals surface area contributed by atoms with Crippen LogP contribution < -0.4 is 5.32 Å². The van der Waals surface area contributed by atoms with Gasteiger partial charge in [0.25, 0.3) is 0 Å². The molecule has 1 heterocycles. The molecular weight excluding hydrogens is 262 g/mol. The Bertz CT molecular complexity index is 613. The van der Waals surface area contributed by atoms with Crippen LogP contribution in [0.2, 0.25) is 5.15 Å². The monoisotopic (exact) mass is 275 g/mol. The van der Waals surface area contributed by atoms with Crippen molar-refractivity contribution >= 4 is 23.3 Å². The molecule has 98 valence electrons. The van der Waals surface area contributed by atoms with Crippen LogP contribution >= 0.6 is 11.6 Å². The molecule has 5 heteroatoms. The zero-order chi connectivity index (χ0) is 13.8. The average Bonchev–Trinajstić information content (AvgIpc) is 2.34. The highest BCUT2D eigenvalue weighted by atomic mass is 35.5. The molecular formula is C14H14ClN3O. The van der Waals surface area contributed by atoms with Gasteiger partial charge in [0, 0.05) is 0 Å². The lowest BCUT2D eigenvalue weighted by Gasteiger charge is -2.07. The van der Waals surface area contributed by atoms with Crippen molar-refractivity contribution in [2.75, 3.05) is 5.32 Å². The molecule has 0 unspecified atom stereocenters. The molecule has 1 amide bonds. The molecule has 0 bridgehead atoms. The van der Waals surface area contributed by atoms with E-state index in [2.05, 4.69) is 15.3 Å². The number of aromatic nitrogens is 2. The van der Waals surface area contributed by atoms with Crippen LogP contribution in [0.4, 0.5) is 5.82 Å². The number of nitrogens with one attached hydrogen (secondary N) is 1. The quantitative estimate of drug-likeness (QED) is 0.937. The third-order valence-corrected chi connectivity index (χ3v) is 2.91. The van der Waals surface area contributed by atoms with Crippen LogP contribution in [-0.2, 0) is 11.2 Å². The molecule has 1 N–H and O–H groups in total. The van der Waals surface area contributed by atoms with E-state index in [-0.39, 0.29) is 11.1 Å². The van der Waals surface area contributed by atoms with E-state index in [0.29, 0.717) is 12.2 Å². The molecule has 0 radical (unpaired) electrons. The number of halogens is 1. The minimum absolute atomic E-state index is 0.134. The molecule has 0 atom stereocenters. The zero-order valence-corrected chi connectivity index (χ0v) is 11.5. The topological polar surface area (TPSA) is 54.9 Å². The Hall–Kier alpha value is -1.94. The van der Waals surface area contributed by atoms with E-state index in [1.165, 1.54) is 12.4 Å².